The molecule has 2 heterocycles. The van der Waals surface area contributed by atoms with E-state index in [0.29, 0.717) is 12.0 Å². The molecule has 1 aromatic carbocycles. The minimum absolute atomic E-state index is 0. The van der Waals surface area contributed by atoms with Crippen molar-refractivity contribution in [2.75, 3.05) is 44.2 Å². The van der Waals surface area contributed by atoms with Crippen molar-refractivity contribution < 1.29 is 9.53 Å². The molecular weight excluding hydrogens is 479 g/mol. The van der Waals surface area contributed by atoms with E-state index in [1.54, 1.807) is 0 Å². The van der Waals surface area contributed by atoms with Crippen LogP contribution in [0.15, 0.2) is 29.3 Å². The molecule has 0 unspecified atom stereocenters. The molecular formula is C22H33IN4O2. The molecule has 0 radical (unpaired) electrons. The van der Waals surface area contributed by atoms with E-state index in [1.807, 2.05) is 29.2 Å². The third-order valence-corrected chi connectivity index (χ3v) is 6.35. The topological polar surface area (TPSA) is 57.2 Å². The molecule has 0 atom stereocenters. The SMILES string of the molecule is CCNC(=NCCCN1C(=O)COc2ccccc21)N1CCC2(CCCC2)C1.I. The van der Waals surface area contributed by atoms with Crippen LogP contribution in [-0.4, -0.2) is 56.1 Å². The number of aliphatic imine (C=N–C) groups is 1. The monoisotopic (exact) mass is 512 g/mol. The van der Waals surface area contributed by atoms with Gasteiger partial charge in [-0.05, 0) is 50.2 Å². The van der Waals surface area contributed by atoms with Crippen molar-refractivity contribution in [3.63, 3.8) is 0 Å². The average Bonchev–Trinajstić information content (AvgIpc) is 3.35. The number of para-hydroxylation sites is 2. The number of carbonyl (C=O) groups excluding carboxylic acids is 1. The van der Waals surface area contributed by atoms with Crippen LogP contribution in [0.25, 0.3) is 0 Å². The minimum Gasteiger partial charge on any atom is -0.482 e. The first-order valence-corrected chi connectivity index (χ1v) is 10.8. The molecule has 29 heavy (non-hydrogen) atoms. The molecule has 4 rings (SSSR count). The van der Waals surface area contributed by atoms with E-state index in [1.165, 1.54) is 32.1 Å². The first-order valence-electron chi connectivity index (χ1n) is 10.8. The molecule has 3 aliphatic rings. The van der Waals surface area contributed by atoms with Crippen molar-refractivity contribution in [2.45, 2.75) is 45.4 Å². The zero-order valence-corrected chi connectivity index (χ0v) is 19.7. The van der Waals surface area contributed by atoms with E-state index in [2.05, 4.69) is 17.1 Å². The van der Waals surface area contributed by atoms with Crippen LogP contribution in [0, 0.1) is 5.41 Å². The summed E-state index contributed by atoms with van der Waals surface area (Å²) in [4.78, 5) is 21.4. The predicted octanol–water partition coefficient (Wildman–Crippen LogP) is 3.65. The van der Waals surface area contributed by atoms with E-state index < -0.39 is 0 Å². The van der Waals surface area contributed by atoms with Crippen molar-refractivity contribution in [1.29, 1.82) is 0 Å². The van der Waals surface area contributed by atoms with Gasteiger partial charge in [0.2, 0.25) is 0 Å². The van der Waals surface area contributed by atoms with Gasteiger partial charge in [0.1, 0.15) is 5.75 Å². The van der Waals surface area contributed by atoms with Crippen molar-refractivity contribution in [3.8, 4) is 5.75 Å². The molecule has 1 N–H and O–H groups in total. The van der Waals surface area contributed by atoms with Gasteiger partial charge >= 0.3 is 0 Å². The molecule has 1 spiro atoms. The van der Waals surface area contributed by atoms with Crippen LogP contribution in [0.4, 0.5) is 5.69 Å². The molecule has 1 saturated heterocycles. The third kappa shape index (κ3) is 4.98. The fourth-order valence-corrected chi connectivity index (χ4v) is 4.89. The van der Waals surface area contributed by atoms with Gasteiger partial charge in [-0.2, -0.15) is 0 Å². The summed E-state index contributed by atoms with van der Waals surface area (Å²) in [6.45, 7) is 6.79. The maximum absolute atomic E-state index is 12.3. The number of hydrogen-bond donors (Lipinski definition) is 1. The lowest BCUT2D eigenvalue weighted by Crippen LogP contribution is -2.41. The van der Waals surface area contributed by atoms with Gasteiger partial charge in [0.25, 0.3) is 5.91 Å². The Hall–Kier alpha value is -1.51. The molecule has 7 heteroatoms. The summed E-state index contributed by atoms with van der Waals surface area (Å²) in [6.07, 6.45) is 7.67. The van der Waals surface area contributed by atoms with Crippen LogP contribution < -0.4 is 15.0 Å². The number of guanidine groups is 1. The Kier molecular flexibility index (Phi) is 7.65. The lowest BCUT2D eigenvalue weighted by atomic mass is 9.86. The van der Waals surface area contributed by atoms with Crippen molar-refractivity contribution >= 4 is 41.5 Å². The van der Waals surface area contributed by atoms with Gasteiger partial charge in [0.15, 0.2) is 12.6 Å². The summed E-state index contributed by atoms with van der Waals surface area (Å²) in [5.74, 6) is 1.86. The second kappa shape index (κ2) is 10.00. The van der Waals surface area contributed by atoms with E-state index in [4.69, 9.17) is 9.73 Å². The molecule has 1 amide bonds. The van der Waals surface area contributed by atoms with Crippen LogP contribution >= 0.6 is 24.0 Å². The average molecular weight is 512 g/mol. The maximum Gasteiger partial charge on any atom is 0.265 e. The quantitative estimate of drug-likeness (QED) is 0.283. The Morgan fingerprint density at radius 2 is 2.03 bits per heavy atom. The van der Waals surface area contributed by atoms with Crippen LogP contribution in [0.1, 0.15) is 45.4 Å². The highest BCUT2D eigenvalue weighted by Gasteiger charge is 2.41. The van der Waals surface area contributed by atoms with Crippen molar-refractivity contribution in [1.82, 2.24) is 10.2 Å². The number of halogens is 1. The second-order valence-corrected chi connectivity index (χ2v) is 8.27. The zero-order valence-electron chi connectivity index (χ0n) is 17.4. The summed E-state index contributed by atoms with van der Waals surface area (Å²) >= 11 is 0. The van der Waals surface area contributed by atoms with Gasteiger partial charge in [-0.3, -0.25) is 9.79 Å². The standard InChI is InChI=1S/C22H32N4O2.HI/c1-2-23-21(25-15-12-22(17-25)10-5-6-11-22)24-13-7-14-26-18-8-3-4-9-19(18)28-16-20(26)27;/h3-4,8-9H,2,5-7,10-17H2,1H3,(H,23,24);1H. The largest absolute Gasteiger partial charge is 0.482 e. The second-order valence-electron chi connectivity index (χ2n) is 8.27. The van der Waals surface area contributed by atoms with Crippen molar-refractivity contribution in [3.05, 3.63) is 24.3 Å². The van der Waals surface area contributed by atoms with Crippen LogP contribution in [0.5, 0.6) is 5.75 Å². The Labute approximate surface area is 191 Å². The Morgan fingerprint density at radius 1 is 1.24 bits per heavy atom. The normalized spacial score (nSPS) is 20.4. The molecule has 1 aromatic rings. The number of hydrogen-bond acceptors (Lipinski definition) is 3. The smallest absolute Gasteiger partial charge is 0.265 e. The van der Waals surface area contributed by atoms with Crippen molar-refractivity contribution in [2.24, 2.45) is 10.4 Å². The van der Waals surface area contributed by atoms with Gasteiger partial charge in [0.05, 0.1) is 5.69 Å². The van der Waals surface area contributed by atoms with Gasteiger partial charge in [-0.25, -0.2) is 0 Å². The molecule has 2 aliphatic heterocycles. The molecule has 0 bridgehead atoms. The number of nitrogens with one attached hydrogen (secondary N) is 1. The van der Waals surface area contributed by atoms with Gasteiger partial charge in [-0.1, -0.05) is 25.0 Å². The number of amides is 1. The summed E-state index contributed by atoms with van der Waals surface area (Å²) in [5, 5.41) is 3.47. The Bertz CT molecular complexity index is 733. The fourth-order valence-electron chi connectivity index (χ4n) is 4.89. The summed E-state index contributed by atoms with van der Waals surface area (Å²) < 4.78 is 5.52. The number of benzene rings is 1. The van der Waals surface area contributed by atoms with E-state index in [9.17, 15) is 4.79 Å². The van der Waals surface area contributed by atoms with E-state index in [0.717, 1.165) is 50.0 Å². The number of fused-ring (bicyclic) bond motifs is 1. The lowest BCUT2D eigenvalue weighted by molar-refractivity contribution is -0.121. The maximum atomic E-state index is 12.3. The zero-order chi connectivity index (χ0) is 19.4. The summed E-state index contributed by atoms with van der Waals surface area (Å²) in [5.41, 5.74) is 1.41. The molecule has 160 valence electrons. The Morgan fingerprint density at radius 3 is 2.83 bits per heavy atom. The fraction of sp³-hybridized carbons (Fsp3) is 0.636. The van der Waals surface area contributed by atoms with E-state index >= 15 is 0 Å². The number of ether oxygens (including phenoxy) is 1. The number of likely N-dealkylation sites (tertiary alicyclic amines) is 1. The number of nitrogens with zero attached hydrogens (tertiary/aromatic N) is 3. The summed E-state index contributed by atoms with van der Waals surface area (Å²) in [7, 11) is 0. The predicted molar refractivity (Wildman–Crippen MR) is 127 cm³/mol. The number of anilines is 1. The molecule has 0 aromatic heterocycles. The highest BCUT2D eigenvalue weighted by Crippen LogP contribution is 2.45. The van der Waals surface area contributed by atoms with Crippen LogP contribution in [0.3, 0.4) is 0 Å². The minimum atomic E-state index is 0. The molecule has 2 fully saturated rings. The summed E-state index contributed by atoms with van der Waals surface area (Å²) in [6, 6.07) is 7.75. The first-order chi connectivity index (χ1) is 13.7. The molecule has 1 saturated carbocycles. The van der Waals surface area contributed by atoms with E-state index in [-0.39, 0.29) is 36.5 Å². The number of rotatable bonds is 5. The third-order valence-electron chi connectivity index (χ3n) is 6.35. The molecule has 1 aliphatic carbocycles. The number of carbonyl (C=O) groups is 1. The van der Waals surface area contributed by atoms with Gasteiger partial charge in [-0.15, -0.1) is 24.0 Å². The highest BCUT2D eigenvalue weighted by atomic mass is 127. The van der Waals surface area contributed by atoms with Crippen LogP contribution in [0.2, 0.25) is 0 Å². The van der Waals surface area contributed by atoms with Gasteiger partial charge in [0, 0.05) is 32.7 Å². The molecule has 6 nitrogen and oxygen atoms in total. The first kappa shape index (κ1) is 22.2. The van der Waals surface area contributed by atoms with Gasteiger partial charge < -0.3 is 19.9 Å². The highest BCUT2D eigenvalue weighted by molar-refractivity contribution is 14.0. The Balaban J connectivity index is 0.00000240. The van der Waals surface area contributed by atoms with Crippen LogP contribution in [-0.2, 0) is 4.79 Å². The lowest BCUT2D eigenvalue weighted by Gasteiger charge is -2.29.